The zero-order chi connectivity index (χ0) is 24.6. The smallest absolute Gasteiger partial charge is 0.266 e. The first-order valence-electron chi connectivity index (χ1n) is 10.7. The molecular weight excluding hydrogens is 553 g/mol. The van der Waals surface area contributed by atoms with Crippen molar-refractivity contribution in [1.29, 1.82) is 5.26 Å². The lowest BCUT2D eigenvalue weighted by molar-refractivity contribution is -0.118. The summed E-state index contributed by atoms with van der Waals surface area (Å²) in [6, 6.07) is 29.5. The Morgan fingerprint density at radius 1 is 0.886 bits per heavy atom. The van der Waals surface area contributed by atoms with Crippen LogP contribution >= 0.6 is 22.6 Å². The number of carbonyl (C=O) groups is 2. The summed E-state index contributed by atoms with van der Waals surface area (Å²) in [7, 11) is 0. The topological polar surface area (TPSA) is 91.2 Å². The molecule has 0 aliphatic rings. The van der Waals surface area contributed by atoms with Crippen LogP contribution in [0.1, 0.15) is 5.56 Å². The van der Waals surface area contributed by atoms with Gasteiger partial charge >= 0.3 is 0 Å². The van der Waals surface area contributed by atoms with Gasteiger partial charge < -0.3 is 15.4 Å². The summed E-state index contributed by atoms with van der Waals surface area (Å²) >= 11 is 2.20. The summed E-state index contributed by atoms with van der Waals surface area (Å²) in [5.41, 5.74) is 1.97. The second-order valence-electron chi connectivity index (χ2n) is 7.56. The van der Waals surface area contributed by atoms with Crippen molar-refractivity contribution >= 4 is 62.6 Å². The molecule has 172 valence electrons. The van der Waals surface area contributed by atoms with Crippen LogP contribution in [0.15, 0.2) is 96.6 Å². The molecule has 0 bridgehead atoms. The van der Waals surface area contributed by atoms with E-state index in [1.54, 1.807) is 30.3 Å². The molecule has 35 heavy (non-hydrogen) atoms. The Bertz CT molecular complexity index is 1430. The normalized spacial score (nSPS) is 10.9. The van der Waals surface area contributed by atoms with Gasteiger partial charge in [0.2, 0.25) is 0 Å². The highest BCUT2D eigenvalue weighted by molar-refractivity contribution is 14.1. The predicted molar refractivity (Wildman–Crippen MR) is 146 cm³/mol. The standard InChI is InChI=1S/C28H20IN3O3/c29-22-10-12-23(13-11-22)31-27(33)18-35-24-14-8-19(9-15-24)16-21(17-30)28(34)32-26-7-3-5-20-4-1-2-6-25(20)26/h1-16H,18H2,(H,31,33)(H,32,34)/b21-16+. The van der Waals surface area contributed by atoms with Gasteiger partial charge in [0.15, 0.2) is 6.61 Å². The molecule has 0 spiro atoms. The maximum absolute atomic E-state index is 12.7. The van der Waals surface area contributed by atoms with E-state index in [1.807, 2.05) is 66.7 Å². The average molecular weight is 573 g/mol. The second-order valence-corrected chi connectivity index (χ2v) is 8.81. The molecule has 7 heteroatoms. The Balaban J connectivity index is 1.37. The number of benzene rings is 4. The molecule has 4 rings (SSSR count). The van der Waals surface area contributed by atoms with E-state index in [2.05, 4.69) is 33.2 Å². The molecule has 0 saturated carbocycles. The van der Waals surface area contributed by atoms with Crippen molar-refractivity contribution in [2.24, 2.45) is 0 Å². The predicted octanol–water partition coefficient (Wildman–Crippen LogP) is 6.01. The van der Waals surface area contributed by atoms with Crippen molar-refractivity contribution in [2.75, 3.05) is 17.2 Å². The molecule has 0 aromatic heterocycles. The lowest BCUT2D eigenvalue weighted by Crippen LogP contribution is -2.20. The molecule has 4 aromatic carbocycles. The SMILES string of the molecule is N#C/C(=C\c1ccc(OCC(=O)Nc2ccc(I)cc2)cc1)C(=O)Nc1cccc2ccccc12. The summed E-state index contributed by atoms with van der Waals surface area (Å²) in [5, 5.41) is 17.0. The van der Waals surface area contributed by atoms with Crippen LogP contribution in [0.5, 0.6) is 5.75 Å². The lowest BCUT2D eigenvalue weighted by atomic mass is 10.1. The molecule has 0 atom stereocenters. The maximum Gasteiger partial charge on any atom is 0.266 e. The van der Waals surface area contributed by atoms with E-state index in [4.69, 9.17) is 4.74 Å². The Hall–Kier alpha value is -4.16. The van der Waals surface area contributed by atoms with Gasteiger partial charge in [0.1, 0.15) is 17.4 Å². The Kier molecular flexibility index (Phi) is 7.75. The molecule has 6 nitrogen and oxygen atoms in total. The third kappa shape index (κ3) is 6.46. The van der Waals surface area contributed by atoms with Gasteiger partial charge in [0, 0.05) is 20.3 Å². The Morgan fingerprint density at radius 3 is 2.34 bits per heavy atom. The first-order valence-corrected chi connectivity index (χ1v) is 11.8. The van der Waals surface area contributed by atoms with Gasteiger partial charge in [-0.2, -0.15) is 5.26 Å². The first kappa shape index (κ1) is 24.0. The first-order chi connectivity index (χ1) is 17.0. The van der Waals surface area contributed by atoms with E-state index >= 15 is 0 Å². The van der Waals surface area contributed by atoms with Gasteiger partial charge in [0.25, 0.3) is 11.8 Å². The number of carbonyl (C=O) groups excluding carboxylic acids is 2. The van der Waals surface area contributed by atoms with Crippen LogP contribution in [-0.2, 0) is 9.59 Å². The monoisotopic (exact) mass is 573 g/mol. The van der Waals surface area contributed by atoms with E-state index in [1.165, 1.54) is 6.08 Å². The number of hydrogen-bond acceptors (Lipinski definition) is 4. The molecule has 4 aromatic rings. The van der Waals surface area contributed by atoms with Gasteiger partial charge in [0.05, 0.1) is 0 Å². The molecule has 2 amide bonds. The van der Waals surface area contributed by atoms with Crippen LogP contribution in [0.25, 0.3) is 16.8 Å². The molecular formula is C28H20IN3O3. The molecule has 2 N–H and O–H groups in total. The maximum atomic E-state index is 12.7. The third-order valence-corrected chi connectivity index (χ3v) is 5.81. The molecule has 0 aliphatic carbocycles. The van der Waals surface area contributed by atoms with Crippen molar-refractivity contribution in [1.82, 2.24) is 0 Å². The van der Waals surface area contributed by atoms with Gasteiger partial charge in [-0.1, -0.05) is 48.5 Å². The zero-order valence-electron chi connectivity index (χ0n) is 18.5. The van der Waals surface area contributed by atoms with Crippen LogP contribution in [0.2, 0.25) is 0 Å². The molecule has 0 fully saturated rings. The minimum absolute atomic E-state index is 0.0245. The summed E-state index contributed by atoms with van der Waals surface area (Å²) < 4.78 is 6.62. The summed E-state index contributed by atoms with van der Waals surface area (Å²) in [5.74, 6) is -0.262. The van der Waals surface area contributed by atoms with Gasteiger partial charge in [-0.15, -0.1) is 0 Å². The van der Waals surface area contributed by atoms with Crippen molar-refractivity contribution in [3.8, 4) is 11.8 Å². The lowest BCUT2D eigenvalue weighted by Gasteiger charge is -2.09. The van der Waals surface area contributed by atoms with E-state index < -0.39 is 5.91 Å². The van der Waals surface area contributed by atoms with Gasteiger partial charge in [-0.05, 0) is 82.1 Å². The number of rotatable bonds is 7. The molecule has 0 aliphatic heterocycles. The fraction of sp³-hybridized carbons (Fsp3) is 0.0357. The number of fused-ring (bicyclic) bond motifs is 1. The molecule has 0 saturated heterocycles. The number of nitriles is 1. The molecule has 0 unspecified atom stereocenters. The summed E-state index contributed by atoms with van der Waals surface area (Å²) in [6.45, 7) is -0.141. The fourth-order valence-corrected chi connectivity index (χ4v) is 3.74. The van der Waals surface area contributed by atoms with Crippen molar-refractivity contribution in [2.45, 2.75) is 0 Å². The minimum atomic E-state index is -0.489. The number of ether oxygens (including phenoxy) is 1. The third-order valence-electron chi connectivity index (χ3n) is 5.09. The van der Waals surface area contributed by atoms with E-state index in [0.29, 0.717) is 22.7 Å². The number of nitrogens with zero attached hydrogens (tertiary/aromatic N) is 1. The van der Waals surface area contributed by atoms with Gasteiger partial charge in [-0.25, -0.2) is 0 Å². The van der Waals surface area contributed by atoms with Crippen molar-refractivity contribution < 1.29 is 14.3 Å². The highest BCUT2D eigenvalue weighted by Crippen LogP contribution is 2.24. The molecule has 0 heterocycles. The number of anilines is 2. The van der Waals surface area contributed by atoms with Crippen LogP contribution < -0.4 is 15.4 Å². The highest BCUT2D eigenvalue weighted by Gasteiger charge is 2.11. The van der Waals surface area contributed by atoms with Crippen LogP contribution in [0.4, 0.5) is 11.4 Å². The number of amides is 2. The summed E-state index contributed by atoms with van der Waals surface area (Å²) in [6.07, 6.45) is 1.51. The minimum Gasteiger partial charge on any atom is -0.484 e. The van der Waals surface area contributed by atoms with Crippen LogP contribution in [0.3, 0.4) is 0 Å². The molecule has 0 radical (unpaired) electrons. The van der Waals surface area contributed by atoms with Gasteiger partial charge in [-0.3, -0.25) is 9.59 Å². The van der Waals surface area contributed by atoms with Crippen LogP contribution in [-0.4, -0.2) is 18.4 Å². The quantitative estimate of drug-likeness (QED) is 0.161. The van der Waals surface area contributed by atoms with Crippen LogP contribution in [0, 0.1) is 14.9 Å². The van der Waals surface area contributed by atoms with E-state index in [9.17, 15) is 14.9 Å². The largest absolute Gasteiger partial charge is 0.484 e. The Morgan fingerprint density at radius 2 is 1.60 bits per heavy atom. The zero-order valence-corrected chi connectivity index (χ0v) is 20.7. The summed E-state index contributed by atoms with van der Waals surface area (Å²) in [4.78, 5) is 24.8. The highest BCUT2D eigenvalue weighted by atomic mass is 127. The average Bonchev–Trinajstić information content (AvgIpc) is 2.88. The van der Waals surface area contributed by atoms with Crippen molar-refractivity contribution in [3.05, 3.63) is 106 Å². The van der Waals surface area contributed by atoms with E-state index in [-0.39, 0.29) is 18.1 Å². The van der Waals surface area contributed by atoms with E-state index in [0.717, 1.165) is 14.3 Å². The van der Waals surface area contributed by atoms with Crippen molar-refractivity contribution in [3.63, 3.8) is 0 Å². The number of nitrogens with one attached hydrogen (secondary N) is 2. The number of hydrogen-bond donors (Lipinski definition) is 2. The number of halogens is 1. The fourth-order valence-electron chi connectivity index (χ4n) is 3.38. The Labute approximate surface area is 216 Å². The second kappa shape index (κ2) is 11.3.